The van der Waals surface area contributed by atoms with Crippen LogP contribution >= 0.6 is 0 Å². The lowest BCUT2D eigenvalue weighted by molar-refractivity contribution is 1.10. The first-order valence-corrected chi connectivity index (χ1v) is 15.1. The Balaban J connectivity index is 1.31. The lowest BCUT2D eigenvalue weighted by Crippen LogP contribution is -1.92. The van der Waals surface area contributed by atoms with E-state index in [1.165, 1.54) is 38.8 Å². The van der Waals surface area contributed by atoms with E-state index in [2.05, 4.69) is 154 Å². The van der Waals surface area contributed by atoms with Gasteiger partial charge in [0.05, 0.1) is 17.4 Å². The lowest BCUT2D eigenvalue weighted by Gasteiger charge is -2.15. The highest BCUT2D eigenvalue weighted by molar-refractivity contribution is 5.90. The van der Waals surface area contributed by atoms with Gasteiger partial charge < -0.3 is 4.57 Å². The summed E-state index contributed by atoms with van der Waals surface area (Å²) >= 11 is 0. The van der Waals surface area contributed by atoms with Crippen molar-refractivity contribution < 1.29 is 0 Å². The molecule has 0 bridgehead atoms. The van der Waals surface area contributed by atoms with Gasteiger partial charge in [-0.1, -0.05) is 72.8 Å². The van der Waals surface area contributed by atoms with Crippen molar-refractivity contribution in [1.82, 2.24) is 14.5 Å². The van der Waals surface area contributed by atoms with Crippen LogP contribution in [-0.2, 0) is 0 Å². The maximum absolute atomic E-state index is 4.44. The molecule has 0 N–H and O–H groups in total. The highest BCUT2D eigenvalue weighted by atomic mass is 15.0. The maximum Gasteiger partial charge on any atom is 0.0639 e. The van der Waals surface area contributed by atoms with Gasteiger partial charge in [0.15, 0.2) is 0 Å². The third-order valence-electron chi connectivity index (χ3n) is 8.36. The Morgan fingerprint density at radius 3 is 1.42 bits per heavy atom. The molecule has 0 radical (unpaired) electrons. The summed E-state index contributed by atoms with van der Waals surface area (Å²) in [7, 11) is 0. The summed E-state index contributed by atoms with van der Waals surface area (Å²) in [6.07, 6.45) is 9.58. The molecular weight excluding hydrogens is 546 g/mol. The number of nitrogens with zero attached hydrogens (tertiary/aromatic N) is 3. The smallest absolute Gasteiger partial charge is 0.0639 e. The predicted octanol–water partition coefficient (Wildman–Crippen LogP) is 10.8. The zero-order chi connectivity index (χ0) is 30.0. The van der Waals surface area contributed by atoms with Crippen LogP contribution in [0.1, 0.15) is 0 Å². The van der Waals surface area contributed by atoms with E-state index in [9.17, 15) is 0 Å². The molecule has 0 fully saturated rings. The van der Waals surface area contributed by atoms with Gasteiger partial charge in [0.2, 0.25) is 0 Å². The van der Waals surface area contributed by atoms with Gasteiger partial charge in [-0.25, -0.2) is 0 Å². The van der Waals surface area contributed by atoms with Crippen LogP contribution in [0.15, 0.2) is 177 Å². The minimum Gasteiger partial charge on any atom is -0.315 e. The van der Waals surface area contributed by atoms with Crippen LogP contribution in [0.3, 0.4) is 0 Å². The molecule has 3 nitrogen and oxygen atoms in total. The zero-order valence-corrected chi connectivity index (χ0v) is 24.6. The average Bonchev–Trinajstić information content (AvgIpc) is 3.56. The van der Waals surface area contributed by atoms with Crippen LogP contribution in [0.5, 0.6) is 0 Å². The lowest BCUT2D eigenvalue weighted by atomic mass is 9.90. The van der Waals surface area contributed by atoms with Crippen molar-refractivity contribution in [2.75, 3.05) is 0 Å². The van der Waals surface area contributed by atoms with Gasteiger partial charge in [-0.15, -0.1) is 0 Å². The first-order chi connectivity index (χ1) is 22.3. The molecule has 0 unspecified atom stereocenters. The van der Waals surface area contributed by atoms with E-state index in [0.29, 0.717) is 0 Å². The summed E-state index contributed by atoms with van der Waals surface area (Å²) in [5.41, 5.74) is 13.9. The van der Waals surface area contributed by atoms with Crippen LogP contribution in [-0.4, -0.2) is 14.5 Å². The molecule has 8 aromatic rings. The largest absolute Gasteiger partial charge is 0.315 e. The van der Waals surface area contributed by atoms with E-state index in [-0.39, 0.29) is 0 Å². The standard InChI is InChI=1S/C42H29N3/c1-3-9-30(10-4-1)35-22-36(31-11-5-2-6-12-31)24-39(23-35)40-26-37(25-38(27-40)34-13-7-18-43-28-34)32-15-16-42-33(21-32)17-20-45(42)41-14-8-19-44-29-41/h1-29H. The van der Waals surface area contributed by atoms with E-state index in [1.54, 1.807) is 6.20 Å². The van der Waals surface area contributed by atoms with Crippen molar-refractivity contribution in [3.63, 3.8) is 0 Å². The van der Waals surface area contributed by atoms with Crippen molar-refractivity contribution in [2.24, 2.45) is 0 Å². The van der Waals surface area contributed by atoms with Gasteiger partial charge in [0.25, 0.3) is 0 Å². The Morgan fingerprint density at radius 2 is 0.867 bits per heavy atom. The van der Waals surface area contributed by atoms with Gasteiger partial charge in [-0.05, 0) is 123 Å². The second kappa shape index (κ2) is 11.6. The van der Waals surface area contributed by atoms with Crippen molar-refractivity contribution in [2.45, 2.75) is 0 Å². The Morgan fingerprint density at radius 1 is 0.356 bits per heavy atom. The zero-order valence-electron chi connectivity index (χ0n) is 24.6. The monoisotopic (exact) mass is 575 g/mol. The molecule has 212 valence electrons. The molecule has 0 aliphatic carbocycles. The number of hydrogen-bond donors (Lipinski definition) is 0. The van der Waals surface area contributed by atoms with Gasteiger partial charge in [0, 0.05) is 35.7 Å². The molecule has 0 aliphatic rings. The number of fused-ring (bicyclic) bond motifs is 1. The second-order valence-corrected chi connectivity index (χ2v) is 11.2. The summed E-state index contributed by atoms with van der Waals surface area (Å²) < 4.78 is 2.18. The fraction of sp³-hybridized carbons (Fsp3) is 0. The van der Waals surface area contributed by atoms with E-state index < -0.39 is 0 Å². The fourth-order valence-electron chi connectivity index (χ4n) is 6.09. The molecule has 0 spiro atoms. The molecule has 3 heterocycles. The van der Waals surface area contributed by atoms with Crippen LogP contribution in [0.25, 0.3) is 72.2 Å². The van der Waals surface area contributed by atoms with Crippen LogP contribution < -0.4 is 0 Å². The Bertz CT molecular complexity index is 2180. The second-order valence-electron chi connectivity index (χ2n) is 11.2. The summed E-state index contributed by atoms with van der Waals surface area (Å²) in [6.45, 7) is 0. The van der Waals surface area contributed by atoms with Gasteiger partial charge >= 0.3 is 0 Å². The Hall–Kier alpha value is -6.06. The minimum absolute atomic E-state index is 1.05. The quantitative estimate of drug-likeness (QED) is 0.197. The average molecular weight is 576 g/mol. The van der Waals surface area contributed by atoms with Crippen LogP contribution in [0, 0.1) is 0 Å². The summed E-state index contributed by atoms with van der Waals surface area (Å²) in [5, 5.41) is 1.18. The molecule has 3 heteroatoms. The fourth-order valence-corrected chi connectivity index (χ4v) is 6.09. The molecule has 0 saturated heterocycles. The molecule has 0 saturated carbocycles. The molecule has 0 aliphatic heterocycles. The highest BCUT2D eigenvalue weighted by Gasteiger charge is 2.13. The SMILES string of the molecule is c1ccc(-c2cc(-c3ccccc3)cc(-c3cc(-c4cccnc4)cc(-c4ccc5c(ccn5-c5cccnc5)c4)c3)c2)cc1. The van der Waals surface area contributed by atoms with Crippen molar-refractivity contribution in [1.29, 1.82) is 0 Å². The number of pyridine rings is 2. The molecule has 3 aromatic heterocycles. The number of hydrogen-bond acceptors (Lipinski definition) is 2. The highest BCUT2D eigenvalue weighted by Crippen LogP contribution is 2.38. The number of benzene rings is 5. The van der Waals surface area contributed by atoms with E-state index in [1.807, 2.05) is 30.7 Å². The van der Waals surface area contributed by atoms with E-state index in [0.717, 1.165) is 33.5 Å². The van der Waals surface area contributed by atoms with Gasteiger partial charge in [-0.2, -0.15) is 0 Å². The summed E-state index contributed by atoms with van der Waals surface area (Å²) in [6, 6.07) is 52.1. The number of rotatable bonds is 6. The topological polar surface area (TPSA) is 30.7 Å². The summed E-state index contributed by atoms with van der Waals surface area (Å²) in [4.78, 5) is 8.75. The van der Waals surface area contributed by atoms with Gasteiger partial charge in [0.1, 0.15) is 0 Å². The number of aromatic nitrogens is 3. The van der Waals surface area contributed by atoms with Crippen LogP contribution in [0.4, 0.5) is 0 Å². The predicted molar refractivity (Wildman–Crippen MR) is 186 cm³/mol. The van der Waals surface area contributed by atoms with Crippen molar-refractivity contribution in [3.05, 3.63) is 177 Å². The van der Waals surface area contributed by atoms with E-state index in [4.69, 9.17) is 0 Å². The third kappa shape index (κ3) is 5.32. The Kier molecular flexibility index (Phi) is 6.82. The molecule has 5 aromatic carbocycles. The normalized spacial score (nSPS) is 11.1. The molecule has 0 atom stereocenters. The molecule has 0 amide bonds. The molecule has 45 heavy (non-hydrogen) atoms. The molecular formula is C42H29N3. The van der Waals surface area contributed by atoms with Crippen LogP contribution in [0.2, 0.25) is 0 Å². The maximum atomic E-state index is 4.44. The van der Waals surface area contributed by atoms with Crippen molar-refractivity contribution in [3.8, 4) is 61.3 Å². The Labute approximate surface area is 262 Å². The first kappa shape index (κ1) is 26.6. The third-order valence-corrected chi connectivity index (χ3v) is 8.36. The van der Waals surface area contributed by atoms with Crippen molar-refractivity contribution >= 4 is 10.9 Å². The molecule has 8 rings (SSSR count). The van der Waals surface area contributed by atoms with E-state index >= 15 is 0 Å². The minimum atomic E-state index is 1.05. The first-order valence-electron chi connectivity index (χ1n) is 15.1. The summed E-state index contributed by atoms with van der Waals surface area (Å²) in [5.74, 6) is 0. The van der Waals surface area contributed by atoms with Gasteiger partial charge in [-0.3, -0.25) is 9.97 Å².